The van der Waals surface area contributed by atoms with E-state index in [1.807, 2.05) is 0 Å². The molecule has 11 nitrogen and oxygen atoms in total. The van der Waals surface area contributed by atoms with Crippen LogP contribution in [0.15, 0.2) is 0 Å². The Kier molecular flexibility index (Phi) is 34.8. The third kappa shape index (κ3) is 31.0. The van der Waals surface area contributed by atoms with Gasteiger partial charge >= 0.3 is 22.3 Å². The van der Waals surface area contributed by atoms with Crippen LogP contribution in [0.25, 0.3) is 0 Å². The van der Waals surface area contributed by atoms with Gasteiger partial charge in [0.15, 0.2) is 0 Å². The summed E-state index contributed by atoms with van der Waals surface area (Å²) >= 11 is 0. The number of carbonyl (C=O) groups excluding carboxylic acids is 3. The maximum absolute atomic E-state index is 14.1. The first-order valence-electron chi connectivity index (χ1n) is 24.5. The van der Waals surface area contributed by atoms with Crippen LogP contribution in [0.3, 0.4) is 0 Å². The molecular formula is C47H89NO10S. The quantitative estimate of drug-likeness (QED) is 0.0341. The van der Waals surface area contributed by atoms with E-state index in [-0.39, 0.29) is 25.2 Å². The van der Waals surface area contributed by atoms with Crippen molar-refractivity contribution < 1.29 is 45.7 Å². The lowest BCUT2D eigenvalue weighted by atomic mass is 9.86. The molecule has 0 aliphatic carbocycles. The summed E-state index contributed by atoms with van der Waals surface area (Å²) in [5.41, 5.74) is 6.30. The van der Waals surface area contributed by atoms with Crippen LogP contribution >= 0.6 is 0 Å². The van der Waals surface area contributed by atoms with Crippen molar-refractivity contribution in [3.63, 3.8) is 0 Å². The number of esters is 2. The number of ether oxygens (including phenoxy) is 3. The summed E-state index contributed by atoms with van der Waals surface area (Å²) < 4.78 is 55.3. The minimum Gasteiger partial charge on any atom is -0.462 e. The molecule has 0 saturated carbocycles. The number of carbonyl (C=O) groups is 3. The first-order chi connectivity index (χ1) is 28.5. The molecule has 59 heavy (non-hydrogen) atoms. The minimum atomic E-state index is -4.98. The van der Waals surface area contributed by atoms with Crippen molar-refractivity contribution in [1.82, 2.24) is 0 Å². The summed E-state index contributed by atoms with van der Waals surface area (Å²) in [7, 11) is -4.98. The highest BCUT2D eigenvalue weighted by molar-refractivity contribution is 7.80. The molecule has 1 fully saturated rings. The van der Waals surface area contributed by atoms with Crippen LogP contribution in [-0.2, 0) is 43.2 Å². The van der Waals surface area contributed by atoms with Crippen molar-refractivity contribution in [3.05, 3.63) is 0 Å². The molecule has 0 aromatic rings. The molecule has 0 amide bonds. The fraction of sp³-hybridized carbons (Fsp3) is 0.936. The van der Waals surface area contributed by atoms with E-state index < -0.39 is 59.2 Å². The molecule has 0 aromatic heterocycles. The molecule has 348 valence electrons. The summed E-state index contributed by atoms with van der Waals surface area (Å²) in [5, 5.41) is 0. The van der Waals surface area contributed by atoms with Crippen LogP contribution < -0.4 is 5.73 Å². The van der Waals surface area contributed by atoms with Gasteiger partial charge in [-0.25, -0.2) is 4.18 Å². The highest BCUT2D eigenvalue weighted by Crippen LogP contribution is 2.29. The molecule has 2 unspecified atom stereocenters. The van der Waals surface area contributed by atoms with E-state index >= 15 is 0 Å². The zero-order valence-electron chi connectivity index (χ0n) is 37.9. The van der Waals surface area contributed by atoms with E-state index in [1.54, 1.807) is 0 Å². The Morgan fingerprint density at radius 2 is 0.966 bits per heavy atom. The van der Waals surface area contributed by atoms with Crippen LogP contribution in [0.4, 0.5) is 0 Å². The fourth-order valence-electron chi connectivity index (χ4n) is 8.15. The van der Waals surface area contributed by atoms with E-state index in [4.69, 9.17) is 24.1 Å². The van der Waals surface area contributed by atoms with Crippen molar-refractivity contribution in [2.45, 2.75) is 270 Å². The number of Topliss-reactive ketones (excluding diaryl/α,β-unsaturated/α-hetero) is 1. The number of hydrogen-bond acceptors (Lipinski definition) is 10. The van der Waals surface area contributed by atoms with Crippen molar-refractivity contribution in [3.8, 4) is 0 Å². The molecule has 0 aromatic carbocycles. The number of ketones is 1. The van der Waals surface area contributed by atoms with Gasteiger partial charge in [-0.1, -0.05) is 201 Å². The number of hydrogen-bond donors (Lipinski definition) is 2. The van der Waals surface area contributed by atoms with Crippen molar-refractivity contribution >= 4 is 28.1 Å². The molecule has 1 heterocycles. The van der Waals surface area contributed by atoms with Crippen LogP contribution in [-0.4, -0.2) is 61.8 Å². The topological polar surface area (TPSA) is 169 Å². The summed E-state index contributed by atoms with van der Waals surface area (Å²) in [6, 6.07) is 0. The zero-order valence-corrected chi connectivity index (χ0v) is 38.8. The highest BCUT2D eigenvalue weighted by atomic mass is 32.3. The average Bonchev–Trinajstić information content (AvgIpc) is 3.18. The first-order valence-corrected chi connectivity index (χ1v) is 25.8. The Morgan fingerprint density at radius 3 is 1.37 bits per heavy atom. The standard InChI is InChI=1S/C47H89NO10S/c1-4-7-10-13-16-19-21-24-27-30-33-36-43(50)56-40(35-32-29-26-23-18-15-12-9-6-3)38-41(49)45-46(42(39-55-47(45)48)58-59(52,53)54)57-44(51)37-34-31-28-25-22-20-17-14-11-8-5-2/h40,42,45-47H,4-39,48H2,1-3H3,(H,52,53,54)/t40?,42-,45-,46+,47?/m1/s1. The van der Waals surface area contributed by atoms with Crippen molar-refractivity contribution in [1.29, 1.82) is 0 Å². The highest BCUT2D eigenvalue weighted by Gasteiger charge is 2.48. The SMILES string of the molecule is CCCCCCCCCCCCCC(=O)OC(CCCCCCCCCCC)CC(=O)[C@H]1C(N)OC[C@@H](OS(=O)(=O)O)[C@@H]1OC(=O)CCCCCCCCCCCCC. The predicted molar refractivity (Wildman–Crippen MR) is 237 cm³/mol. The first kappa shape index (κ1) is 55.4. The molecule has 0 radical (unpaired) electrons. The average molecular weight is 860 g/mol. The summed E-state index contributed by atoms with van der Waals surface area (Å²) in [4.78, 5) is 40.3. The van der Waals surface area contributed by atoms with Gasteiger partial charge in [-0.05, 0) is 25.7 Å². The van der Waals surface area contributed by atoms with E-state index in [2.05, 4.69) is 20.8 Å². The van der Waals surface area contributed by atoms with E-state index in [1.165, 1.54) is 122 Å². The summed E-state index contributed by atoms with van der Waals surface area (Å²) in [6.45, 7) is 6.25. The van der Waals surface area contributed by atoms with Crippen molar-refractivity contribution in [2.24, 2.45) is 11.7 Å². The molecule has 0 bridgehead atoms. The molecule has 3 N–H and O–H groups in total. The minimum absolute atomic E-state index is 0.0843. The number of rotatable bonds is 41. The Morgan fingerprint density at radius 1 is 0.593 bits per heavy atom. The second kappa shape index (κ2) is 37.0. The zero-order chi connectivity index (χ0) is 43.4. The Bertz CT molecular complexity index is 1150. The van der Waals surface area contributed by atoms with Gasteiger partial charge in [0.2, 0.25) is 0 Å². The largest absolute Gasteiger partial charge is 0.462 e. The van der Waals surface area contributed by atoms with E-state index in [0.717, 1.165) is 70.6 Å². The van der Waals surface area contributed by atoms with Gasteiger partial charge in [0, 0.05) is 19.3 Å². The normalized spacial score (nSPS) is 18.8. The maximum atomic E-state index is 14.1. The maximum Gasteiger partial charge on any atom is 0.397 e. The third-order valence-corrected chi connectivity index (χ3v) is 12.2. The molecular weight excluding hydrogens is 771 g/mol. The smallest absolute Gasteiger partial charge is 0.397 e. The molecule has 1 aliphatic heterocycles. The van der Waals surface area contributed by atoms with Gasteiger partial charge in [0.1, 0.15) is 30.3 Å². The van der Waals surface area contributed by atoms with Crippen LogP contribution in [0.5, 0.6) is 0 Å². The number of nitrogens with two attached hydrogens (primary N) is 1. The third-order valence-electron chi connectivity index (χ3n) is 11.7. The Labute approximate surface area is 361 Å². The van der Waals surface area contributed by atoms with Crippen LogP contribution in [0.2, 0.25) is 0 Å². The van der Waals surface area contributed by atoms with Gasteiger partial charge in [0.05, 0.1) is 12.5 Å². The van der Waals surface area contributed by atoms with Crippen molar-refractivity contribution in [2.75, 3.05) is 6.61 Å². The molecule has 12 heteroatoms. The molecule has 0 spiro atoms. The summed E-state index contributed by atoms with van der Waals surface area (Å²) in [6.07, 6.45) is 31.1. The Balaban J connectivity index is 2.82. The lowest BCUT2D eigenvalue weighted by Crippen LogP contribution is -2.58. The van der Waals surface area contributed by atoms with Gasteiger partial charge in [-0.3, -0.25) is 18.9 Å². The Hall–Kier alpha value is -1.60. The second-order valence-corrected chi connectivity index (χ2v) is 18.4. The van der Waals surface area contributed by atoms with Gasteiger partial charge in [-0.15, -0.1) is 0 Å². The predicted octanol–water partition coefficient (Wildman–Crippen LogP) is 12.2. The van der Waals surface area contributed by atoms with Crippen LogP contribution in [0.1, 0.15) is 245 Å². The lowest BCUT2D eigenvalue weighted by molar-refractivity contribution is -0.188. The number of unbranched alkanes of at least 4 members (excludes halogenated alkanes) is 28. The summed E-state index contributed by atoms with van der Waals surface area (Å²) in [5.74, 6) is -2.71. The van der Waals surface area contributed by atoms with Gasteiger partial charge in [-0.2, -0.15) is 8.42 Å². The van der Waals surface area contributed by atoms with Crippen LogP contribution in [0, 0.1) is 5.92 Å². The fourth-order valence-corrected chi connectivity index (χ4v) is 8.62. The van der Waals surface area contributed by atoms with E-state index in [0.29, 0.717) is 12.8 Å². The molecule has 1 aliphatic rings. The molecule has 5 atom stereocenters. The van der Waals surface area contributed by atoms with Gasteiger partial charge in [0.25, 0.3) is 0 Å². The lowest BCUT2D eigenvalue weighted by Gasteiger charge is -2.39. The van der Waals surface area contributed by atoms with Gasteiger partial charge < -0.3 is 19.9 Å². The monoisotopic (exact) mass is 860 g/mol. The molecule has 1 rings (SSSR count). The van der Waals surface area contributed by atoms with E-state index in [9.17, 15) is 27.4 Å². The molecule has 1 saturated heterocycles. The second-order valence-electron chi connectivity index (χ2n) is 17.3.